The molecule has 1 aromatic heterocycles. The van der Waals surface area contributed by atoms with Crippen LogP contribution in [0.2, 0.25) is 0 Å². The third-order valence-corrected chi connectivity index (χ3v) is 3.51. The number of amides is 1. The first-order valence-electron chi connectivity index (χ1n) is 6.66. The van der Waals surface area contributed by atoms with Gasteiger partial charge in [0.25, 0.3) is 5.91 Å². The van der Waals surface area contributed by atoms with Crippen molar-refractivity contribution in [2.75, 3.05) is 18.8 Å². The Labute approximate surface area is 111 Å². The van der Waals surface area contributed by atoms with E-state index in [2.05, 4.69) is 10.4 Å². The van der Waals surface area contributed by atoms with Crippen LogP contribution in [-0.2, 0) is 0 Å². The van der Waals surface area contributed by atoms with Crippen LogP contribution in [0.15, 0.2) is 24.3 Å². The van der Waals surface area contributed by atoms with E-state index >= 15 is 0 Å². The molecule has 1 aliphatic rings. The number of hydrazine groups is 1. The van der Waals surface area contributed by atoms with Crippen LogP contribution < -0.4 is 11.2 Å². The molecule has 0 unspecified atom stereocenters. The fraction of sp³-hybridized carbons (Fsp3) is 0.357. The third kappa shape index (κ3) is 2.56. The number of carbonyl (C=O) groups is 1. The van der Waals surface area contributed by atoms with E-state index in [1.54, 1.807) is 0 Å². The summed E-state index contributed by atoms with van der Waals surface area (Å²) in [4.78, 5) is 15.3. The van der Waals surface area contributed by atoms with Crippen molar-refractivity contribution < 1.29 is 4.79 Å². The molecule has 3 rings (SSSR count). The molecule has 0 bridgehead atoms. The van der Waals surface area contributed by atoms with E-state index in [9.17, 15) is 4.79 Å². The zero-order valence-corrected chi connectivity index (χ0v) is 10.8. The number of aromatic nitrogens is 1. The van der Waals surface area contributed by atoms with E-state index < -0.39 is 0 Å². The molecule has 1 fully saturated rings. The van der Waals surface area contributed by atoms with Crippen LogP contribution in [0.25, 0.3) is 10.9 Å². The fourth-order valence-corrected chi connectivity index (χ4v) is 2.48. The van der Waals surface area contributed by atoms with Crippen molar-refractivity contribution in [2.45, 2.75) is 19.3 Å². The highest BCUT2D eigenvalue weighted by atomic mass is 16.2. The molecule has 0 spiro atoms. The highest BCUT2D eigenvalue weighted by Gasteiger charge is 2.15. The van der Waals surface area contributed by atoms with E-state index in [1.165, 1.54) is 6.42 Å². The van der Waals surface area contributed by atoms with Gasteiger partial charge in [0.15, 0.2) is 0 Å². The van der Waals surface area contributed by atoms with Crippen molar-refractivity contribution >= 4 is 22.5 Å². The van der Waals surface area contributed by atoms with Gasteiger partial charge in [-0.15, -0.1) is 0 Å². The first-order valence-corrected chi connectivity index (χ1v) is 6.66. The van der Waals surface area contributed by atoms with E-state index in [0.29, 0.717) is 11.4 Å². The molecule has 1 aromatic carbocycles. The topological polar surface area (TPSA) is 74.1 Å². The Kier molecular flexibility index (Phi) is 3.13. The number of nitrogens with one attached hydrogen (secondary N) is 2. The minimum atomic E-state index is -0.0864. The van der Waals surface area contributed by atoms with Crippen molar-refractivity contribution in [1.82, 2.24) is 15.4 Å². The molecule has 4 N–H and O–H groups in total. The van der Waals surface area contributed by atoms with Gasteiger partial charge in [0.2, 0.25) is 0 Å². The SMILES string of the molecule is Nc1ccc2[nH]c(C(=O)NN3CCCCC3)cc2c1. The van der Waals surface area contributed by atoms with Gasteiger partial charge in [-0.1, -0.05) is 6.42 Å². The summed E-state index contributed by atoms with van der Waals surface area (Å²) in [5.74, 6) is -0.0864. The first kappa shape index (κ1) is 12.0. The molecule has 2 heterocycles. The standard InChI is InChI=1S/C14H18N4O/c15-11-4-5-12-10(8-11)9-13(16-12)14(19)17-18-6-2-1-3-7-18/h4-5,8-9,16H,1-3,6-7,15H2,(H,17,19). The van der Waals surface area contributed by atoms with Gasteiger partial charge in [-0.25, -0.2) is 5.01 Å². The van der Waals surface area contributed by atoms with Crippen LogP contribution in [0.5, 0.6) is 0 Å². The van der Waals surface area contributed by atoms with Gasteiger partial charge in [-0.05, 0) is 37.1 Å². The lowest BCUT2D eigenvalue weighted by Gasteiger charge is -2.26. The van der Waals surface area contributed by atoms with Crippen LogP contribution in [0.4, 0.5) is 5.69 Å². The predicted octanol–water partition coefficient (Wildman–Crippen LogP) is 1.88. The van der Waals surface area contributed by atoms with E-state index in [0.717, 1.165) is 36.8 Å². The van der Waals surface area contributed by atoms with Gasteiger partial charge in [0.1, 0.15) is 5.69 Å². The van der Waals surface area contributed by atoms with Crippen molar-refractivity contribution in [3.05, 3.63) is 30.0 Å². The van der Waals surface area contributed by atoms with Gasteiger partial charge in [0.05, 0.1) is 0 Å². The zero-order valence-electron chi connectivity index (χ0n) is 10.8. The van der Waals surface area contributed by atoms with Crippen molar-refractivity contribution in [3.63, 3.8) is 0 Å². The number of benzene rings is 1. The van der Waals surface area contributed by atoms with E-state index in [-0.39, 0.29) is 5.91 Å². The summed E-state index contributed by atoms with van der Waals surface area (Å²) in [5, 5.41) is 2.95. The summed E-state index contributed by atoms with van der Waals surface area (Å²) in [7, 11) is 0. The molecule has 1 amide bonds. The highest BCUT2D eigenvalue weighted by molar-refractivity contribution is 5.98. The van der Waals surface area contributed by atoms with Gasteiger partial charge in [0, 0.05) is 29.7 Å². The van der Waals surface area contributed by atoms with Crippen molar-refractivity contribution in [3.8, 4) is 0 Å². The molecule has 19 heavy (non-hydrogen) atoms. The number of rotatable bonds is 2. The maximum absolute atomic E-state index is 12.2. The van der Waals surface area contributed by atoms with Gasteiger partial charge in [-0.2, -0.15) is 0 Å². The molecule has 0 aliphatic carbocycles. The quantitative estimate of drug-likeness (QED) is 0.720. The molecular weight excluding hydrogens is 240 g/mol. The second-order valence-electron chi connectivity index (χ2n) is 5.02. The number of piperidine rings is 1. The number of nitrogens with two attached hydrogens (primary N) is 1. The molecule has 0 saturated carbocycles. The average molecular weight is 258 g/mol. The normalized spacial score (nSPS) is 16.6. The van der Waals surface area contributed by atoms with Crippen LogP contribution in [0, 0.1) is 0 Å². The van der Waals surface area contributed by atoms with Gasteiger partial charge in [-0.3, -0.25) is 10.2 Å². The van der Waals surface area contributed by atoms with E-state index in [4.69, 9.17) is 5.73 Å². The Bertz CT molecular complexity index is 599. The van der Waals surface area contributed by atoms with Crippen LogP contribution >= 0.6 is 0 Å². The number of anilines is 1. The average Bonchev–Trinajstić information content (AvgIpc) is 2.83. The summed E-state index contributed by atoms with van der Waals surface area (Å²) in [6.45, 7) is 1.86. The number of H-pyrrole nitrogens is 1. The number of hydrogen-bond acceptors (Lipinski definition) is 3. The molecule has 1 aliphatic heterocycles. The molecule has 5 heteroatoms. The molecule has 2 aromatic rings. The zero-order chi connectivity index (χ0) is 13.2. The van der Waals surface area contributed by atoms with Crippen LogP contribution in [0.3, 0.4) is 0 Å². The first-order chi connectivity index (χ1) is 9.22. The van der Waals surface area contributed by atoms with Crippen molar-refractivity contribution in [1.29, 1.82) is 0 Å². The molecule has 5 nitrogen and oxygen atoms in total. The number of hydrogen-bond donors (Lipinski definition) is 3. The third-order valence-electron chi connectivity index (χ3n) is 3.51. The summed E-state index contributed by atoms with van der Waals surface area (Å²) >= 11 is 0. The molecule has 0 atom stereocenters. The molecule has 100 valence electrons. The maximum Gasteiger partial charge on any atom is 0.282 e. The van der Waals surface area contributed by atoms with Crippen molar-refractivity contribution in [2.24, 2.45) is 0 Å². The fourth-order valence-electron chi connectivity index (χ4n) is 2.48. The lowest BCUT2D eigenvalue weighted by atomic mass is 10.2. The van der Waals surface area contributed by atoms with Crippen LogP contribution in [0.1, 0.15) is 29.8 Å². The Hall–Kier alpha value is -2.01. The second-order valence-corrected chi connectivity index (χ2v) is 5.02. The van der Waals surface area contributed by atoms with E-state index in [1.807, 2.05) is 29.3 Å². The Morgan fingerprint density at radius 2 is 2.00 bits per heavy atom. The lowest BCUT2D eigenvalue weighted by Crippen LogP contribution is -2.45. The van der Waals surface area contributed by atoms with Crippen LogP contribution in [-0.4, -0.2) is 29.0 Å². The second kappa shape index (κ2) is 4.93. The molecule has 0 radical (unpaired) electrons. The Morgan fingerprint density at radius 1 is 1.21 bits per heavy atom. The Morgan fingerprint density at radius 3 is 2.79 bits per heavy atom. The molecular formula is C14H18N4O. The Balaban J connectivity index is 1.77. The molecule has 1 saturated heterocycles. The van der Waals surface area contributed by atoms with Gasteiger partial charge >= 0.3 is 0 Å². The minimum absolute atomic E-state index is 0.0864. The number of nitrogen functional groups attached to an aromatic ring is 1. The smallest absolute Gasteiger partial charge is 0.282 e. The number of fused-ring (bicyclic) bond motifs is 1. The number of aromatic amines is 1. The lowest BCUT2D eigenvalue weighted by molar-refractivity contribution is 0.0745. The monoisotopic (exact) mass is 258 g/mol. The highest BCUT2D eigenvalue weighted by Crippen LogP contribution is 2.18. The predicted molar refractivity (Wildman–Crippen MR) is 75.6 cm³/mol. The summed E-state index contributed by atoms with van der Waals surface area (Å²) in [5.41, 5.74) is 10.9. The summed E-state index contributed by atoms with van der Waals surface area (Å²) < 4.78 is 0. The largest absolute Gasteiger partial charge is 0.399 e. The maximum atomic E-state index is 12.2. The summed E-state index contributed by atoms with van der Waals surface area (Å²) in [6, 6.07) is 7.42. The minimum Gasteiger partial charge on any atom is -0.399 e. The number of nitrogens with zero attached hydrogens (tertiary/aromatic N) is 1. The van der Waals surface area contributed by atoms with Gasteiger partial charge < -0.3 is 10.7 Å². The number of carbonyl (C=O) groups excluding carboxylic acids is 1. The summed E-state index contributed by atoms with van der Waals surface area (Å²) in [6.07, 6.45) is 3.53.